The zero-order chi connectivity index (χ0) is 23.8. The number of aromatic amines is 1. The number of fused-ring (bicyclic) bond motifs is 2. The molecule has 12 nitrogen and oxygen atoms in total. The summed E-state index contributed by atoms with van der Waals surface area (Å²) in [7, 11) is 6.26. The van der Waals surface area contributed by atoms with Crippen molar-refractivity contribution in [3.8, 4) is 34.3 Å². The maximum atomic E-state index is 12.9. The second-order valence-corrected chi connectivity index (χ2v) is 7.34. The van der Waals surface area contributed by atoms with Gasteiger partial charge in [-0.2, -0.15) is 9.78 Å². The van der Waals surface area contributed by atoms with Crippen molar-refractivity contribution in [3.63, 3.8) is 0 Å². The van der Waals surface area contributed by atoms with E-state index in [-0.39, 0.29) is 5.69 Å². The van der Waals surface area contributed by atoms with Gasteiger partial charge in [-0.3, -0.25) is 4.79 Å². The number of H-pyrrole nitrogens is 1. The zero-order valence-electron chi connectivity index (χ0n) is 18.8. The maximum Gasteiger partial charge on any atom is 0.288 e. The van der Waals surface area contributed by atoms with E-state index in [1.54, 1.807) is 57.4 Å². The van der Waals surface area contributed by atoms with E-state index in [1.165, 1.54) is 0 Å². The van der Waals surface area contributed by atoms with Crippen LogP contribution < -0.4 is 29.8 Å². The van der Waals surface area contributed by atoms with Crippen LogP contribution in [0.1, 0.15) is 17.2 Å². The van der Waals surface area contributed by atoms with Crippen LogP contribution in [0.5, 0.6) is 23.0 Å². The Morgan fingerprint density at radius 2 is 1.68 bits per heavy atom. The van der Waals surface area contributed by atoms with Crippen molar-refractivity contribution < 1.29 is 18.9 Å². The van der Waals surface area contributed by atoms with Crippen LogP contribution in [0.25, 0.3) is 11.3 Å². The summed E-state index contributed by atoms with van der Waals surface area (Å²) in [6.07, 6.45) is 0. The second kappa shape index (κ2) is 8.39. The van der Waals surface area contributed by atoms with Gasteiger partial charge in [-0.15, -0.1) is 0 Å². The molecule has 0 aliphatic carbocycles. The van der Waals surface area contributed by atoms with Gasteiger partial charge in [-0.1, -0.05) is 5.10 Å². The van der Waals surface area contributed by atoms with Crippen molar-refractivity contribution in [2.45, 2.75) is 6.04 Å². The number of ether oxygens (including phenoxy) is 4. The quantitative estimate of drug-likeness (QED) is 0.385. The van der Waals surface area contributed by atoms with Crippen LogP contribution in [0.2, 0.25) is 0 Å². The first-order chi connectivity index (χ1) is 16.6. The van der Waals surface area contributed by atoms with Crippen LogP contribution in [0.3, 0.4) is 0 Å². The lowest BCUT2D eigenvalue weighted by Gasteiger charge is -2.29. The first-order valence-corrected chi connectivity index (χ1v) is 10.2. The summed E-state index contributed by atoms with van der Waals surface area (Å²) < 4.78 is 23.5. The van der Waals surface area contributed by atoms with Gasteiger partial charge in [0.1, 0.15) is 23.2 Å². The number of methoxy groups -OCH3 is 4. The molecule has 0 bridgehead atoms. The third kappa shape index (κ3) is 3.27. The molecule has 1 aliphatic rings. The highest BCUT2D eigenvalue weighted by Crippen LogP contribution is 2.45. The highest BCUT2D eigenvalue weighted by Gasteiger charge is 2.36. The second-order valence-electron chi connectivity index (χ2n) is 7.34. The number of nitrogens with one attached hydrogen (secondary N) is 2. The highest BCUT2D eigenvalue weighted by molar-refractivity contribution is 5.77. The average Bonchev–Trinajstić information content (AvgIpc) is 3.35. The van der Waals surface area contributed by atoms with Crippen LogP contribution in [-0.2, 0) is 0 Å². The topological polar surface area (TPSA) is 138 Å². The smallest absolute Gasteiger partial charge is 0.288 e. The van der Waals surface area contributed by atoms with Gasteiger partial charge in [0.05, 0.1) is 34.1 Å². The Labute approximate surface area is 193 Å². The molecule has 4 aromatic rings. The number of benzene rings is 2. The lowest BCUT2D eigenvalue weighted by molar-refractivity contribution is 0.355. The Hall–Kier alpha value is -4.61. The standard InChI is InChI=1S/C22H21N7O5/c1-31-12-6-8-14(32-2)13(10-12)20-17-18(11-5-7-15(33-3)16(9-11)34-4)24-25-21(30)19(17)23-22-26-27-28-29(20)22/h5-10,20H,1-4H3,(H,25,30)(H,23,26,28)/t20-/m0/s1. The molecular weight excluding hydrogens is 442 g/mol. The van der Waals surface area contributed by atoms with Crippen LogP contribution in [0, 0.1) is 0 Å². The van der Waals surface area contributed by atoms with Crippen molar-refractivity contribution in [3.05, 3.63) is 57.9 Å². The SMILES string of the molecule is COc1ccc(OC)c([C@H]2c3c(-c4ccc(OC)c(OC)c4)n[nH]c(=O)c3Nc3nnnn32)c1. The maximum absolute atomic E-state index is 12.9. The summed E-state index contributed by atoms with van der Waals surface area (Å²) in [5.74, 6) is 2.56. The first kappa shape index (κ1) is 21.2. The summed E-state index contributed by atoms with van der Waals surface area (Å²) in [6, 6.07) is 10.1. The van der Waals surface area contributed by atoms with Crippen molar-refractivity contribution in [1.82, 2.24) is 30.4 Å². The van der Waals surface area contributed by atoms with E-state index < -0.39 is 11.6 Å². The molecule has 0 saturated carbocycles. The Morgan fingerprint density at radius 1 is 0.912 bits per heavy atom. The molecular formula is C22H21N7O5. The fraction of sp³-hybridized carbons (Fsp3) is 0.227. The Morgan fingerprint density at radius 3 is 2.41 bits per heavy atom. The van der Waals surface area contributed by atoms with E-state index in [4.69, 9.17) is 18.9 Å². The summed E-state index contributed by atoms with van der Waals surface area (Å²) >= 11 is 0. The van der Waals surface area contributed by atoms with Gasteiger partial charge in [0.15, 0.2) is 11.5 Å². The predicted octanol–water partition coefficient (Wildman–Crippen LogP) is 2.15. The van der Waals surface area contributed by atoms with Gasteiger partial charge >= 0.3 is 0 Å². The van der Waals surface area contributed by atoms with Crippen molar-refractivity contribution in [2.24, 2.45) is 0 Å². The fourth-order valence-corrected chi connectivity index (χ4v) is 4.08. The normalized spacial score (nSPS) is 13.9. The molecule has 0 fully saturated rings. The van der Waals surface area contributed by atoms with Crippen LogP contribution in [0.15, 0.2) is 41.2 Å². The molecule has 174 valence electrons. The lowest BCUT2D eigenvalue weighted by Crippen LogP contribution is -2.29. The first-order valence-electron chi connectivity index (χ1n) is 10.2. The minimum absolute atomic E-state index is 0.275. The van der Waals surface area contributed by atoms with E-state index >= 15 is 0 Å². The number of rotatable bonds is 6. The highest BCUT2D eigenvalue weighted by atomic mass is 16.5. The molecule has 5 rings (SSSR count). The molecule has 0 amide bonds. The van der Waals surface area contributed by atoms with Crippen LogP contribution >= 0.6 is 0 Å². The largest absolute Gasteiger partial charge is 0.497 e. The molecule has 0 radical (unpaired) electrons. The Bertz CT molecular complexity index is 1430. The molecule has 2 N–H and O–H groups in total. The minimum Gasteiger partial charge on any atom is -0.497 e. The van der Waals surface area contributed by atoms with Crippen LogP contribution in [0.4, 0.5) is 11.6 Å². The summed E-state index contributed by atoms with van der Waals surface area (Å²) in [5, 5.41) is 22.0. The Kier molecular flexibility index (Phi) is 5.24. The van der Waals surface area contributed by atoms with Crippen molar-refractivity contribution >= 4 is 11.6 Å². The molecule has 0 saturated heterocycles. The van der Waals surface area contributed by atoms with E-state index in [0.717, 1.165) is 0 Å². The molecule has 34 heavy (non-hydrogen) atoms. The van der Waals surface area contributed by atoms with Gasteiger partial charge in [0, 0.05) is 16.7 Å². The van der Waals surface area contributed by atoms with Gasteiger partial charge in [-0.05, 0) is 46.8 Å². The van der Waals surface area contributed by atoms with Crippen molar-refractivity contribution in [1.29, 1.82) is 0 Å². The molecule has 0 spiro atoms. The number of anilines is 2. The molecule has 3 heterocycles. The van der Waals surface area contributed by atoms with Crippen molar-refractivity contribution in [2.75, 3.05) is 33.8 Å². The predicted molar refractivity (Wildman–Crippen MR) is 121 cm³/mol. The number of tetrazole rings is 1. The van der Waals surface area contributed by atoms with Crippen LogP contribution in [-0.4, -0.2) is 58.8 Å². The van der Waals surface area contributed by atoms with E-state index in [1.807, 2.05) is 12.1 Å². The minimum atomic E-state index is -0.649. The van der Waals surface area contributed by atoms with E-state index in [0.29, 0.717) is 51.3 Å². The zero-order valence-corrected chi connectivity index (χ0v) is 18.8. The molecule has 12 heteroatoms. The van der Waals surface area contributed by atoms with Gasteiger partial charge in [0.2, 0.25) is 5.95 Å². The molecule has 1 aliphatic heterocycles. The number of hydrogen-bond donors (Lipinski definition) is 2. The van der Waals surface area contributed by atoms with E-state index in [9.17, 15) is 4.79 Å². The van der Waals surface area contributed by atoms with Gasteiger partial charge < -0.3 is 24.3 Å². The molecule has 2 aromatic heterocycles. The Balaban J connectivity index is 1.82. The monoisotopic (exact) mass is 463 g/mol. The fourth-order valence-electron chi connectivity index (χ4n) is 4.08. The van der Waals surface area contributed by atoms with E-state index in [2.05, 4.69) is 31.0 Å². The van der Waals surface area contributed by atoms with Gasteiger partial charge in [-0.25, -0.2) is 5.10 Å². The molecule has 0 unspecified atom stereocenters. The molecule has 1 atom stereocenters. The summed E-state index contributed by atoms with van der Waals surface area (Å²) in [6.45, 7) is 0. The molecule has 2 aromatic carbocycles. The summed E-state index contributed by atoms with van der Waals surface area (Å²) in [4.78, 5) is 12.9. The number of aromatic nitrogens is 6. The number of nitrogens with zero attached hydrogens (tertiary/aromatic N) is 5. The lowest BCUT2D eigenvalue weighted by atomic mass is 9.91. The third-order valence-corrected chi connectivity index (χ3v) is 5.66. The van der Waals surface area contributed by atoms with Gasteiger partial charge in [0.25, 0.3) is 5.56 Å². The third-order valence-electron chi connectivity index (χ3n) is 5.66. The average molecular weight is 463 g/mol. The number of hydrogen-bond acceptors (Lipinski definition) is 10. The summed E-state index contributed by atoms with van der Waals surface area (Å²) in [5.41, 5.74) is 2.29.